The number of hydrogen-bond donors (Lipinski definition) is 2. The number of pyridine rings is 2. The molecule has 0 unspecified atom stereocenters. The maximum absolute atomic E-state index is 13.3. The predicted octanol–water partition coefficient (Wildman–Crippen LogP) is 3.66. The second-order valence-electron chi connectivity index (χ2n) is 7.09. The highest BCUT2D eigenvalue weighted by Gasteiger charge is 2.35. The van der Waals surface area contributed by atoms with Crippen LogP contribution >= 0.6 is 0 Å². The van der Waals surface area contributed by atoms with Crippen molar-refractivity contribution in [2.24, 2.45) is 0 Å². The van der Waals surface area contributed by atoms with Crippen molar-refractivity contribution in [1.82, 2.24) is 24.7 Å². The summed E-state index contributed by atoms with van der Waals surface area (Å²) in [4.78, 5) is 26.6. The highest BCUT2D eigenvalue weighted by atomic mass is 16.1. The predicted molar refractivity (Wildman–Crippen MR) is 117 cm³/mol. The van der Waals surface area contributed by atoms with Crippen LogP contribution in [0.1, 0.15) is 18.7 Å². The highest BCUT2D eigenvalue weighted by molar-refractivity contribution is 6.05. The third-order valence-corrected chi connectivity index (χ3v) is 5.02. The molecule has 0 fully saturated rings. The van der Waals surface area contributed by atoms with Gasteiger partial charge in [0.2, 0.25) is 5.95 Å². The second-order valence-corrected chi connectivity index (χ2v) is 7.09. The minimum Gasteiger partial charge on any atom is -0.328 e. The van der Waals surface area contributed by atoms with Crippen LogP contribution < -0.4 is 10.6 Å². The molecule has 0 saturated heterocycles. The van der Waals surface area contributed by atoms with Gasteiger partial charge in [0, 0.05) is 23.7 Å². The molecule has 4 aromatic rings. The molecule has 152 valence electrons. The summed E-state index contributed by atoms with van der Waals surface area (Å²) in [6, 6.07) is 18.4. The Bertz CT molecular complexity index is 1250. The first kappa shape index (κ1) is 18.7. The van der Waals surface area contributed by atoms with Gasteiger partial charge in [0.1, 0.15) is 6.04 Å². The number of nitrogens with one attached hydrogen (secondary N) is 2. The first-order chi connectivity index (χ1) is 15.2. The Labute approximate surface area is 178 Å². The molecule has 1 atom stereocenters. The smallest absolute Gasteiger partial charge is 0.255 e. The molecule has 1 aliphatic heterocycles. The molecule has 0 radical (unpaired) electrons. The molecular weight excluding hydrogens is 390 g/mol. The van der Waals surface area contributed by atoms with Gasteiger partial charge < -0.3 is 10.6 Å². The summed E-state index contributed by atoms with van der Waals surface area (Å²) in [7, 11) is 0. The topological polar surface area (TPSA) is 97.6 Å². The number of amides is 1. The highest BCUT2D eigenvalue weighted by Crippen LogP contribution is 2.35. The van der Waals surface area contributed by atoms with E-state index in [4.69, 9.17) is 5.10 Å². The average molecular weight is 409 g/mol. The number of allylic oxidation sites excluding steroid dienone is 1. The van der Waals surface area contributed by atoms with Crippen LogP contribution in [0.2, 0.25) is 0 Å². The van der Waals surface area contributed by atoms with E-state index < -0.39 is 6.04 Å². The molecule has 31 heavy (non-hydrogen) atoms. The lowest BCUT2D eigenvalue weighted by Gasteiger charge is -2.27. The molecule has 0 bridgehead atoms. The van der Waals surface area contributed by atoms with Gasteiger partial charge in [-0.2, -0.15) is 4.98 Å². The standard InChI is InChI=1S/C23H19N7O/c1-15-19(22(31)27-17-10-7-12-24-14-17)20(18-11-5-6-13-25-18)30-23(26-15)28-21(29-30)16-8-3-2-4-9-16/h2-14,20H,1H3,(H,27,31)(H,26,28,29)/t20-/m0/s1. The van der Waals surface area contributed by atoms with Gasteiger partial charge in [-0.05, 0) is 31.2 Å². The molecule has 0 aliphatic carbocycles. The van der Waals surface area contributed by atoms with E-state index in [1.807, 2.05) is 55.5 Å². The van der Waals surface area contributed by atoms with Crippen molar-refractivity contribution >= 4 is 17.5 Å². The van der Waals surface area contributed by atoms with E-state index in [-0.39, 0.29) is 5.91 Å². The normalized spacial score (nSPS) is 15.2. The maximum atomic E-state index is 13.3. The lowest BCUT2D eigenvalue weighted by Crippen LogP contribution is -2.32. The van der Waals surface area contributed by atoms with Crippen LogP contribution in [0.25, 0.3) is 11.4 Å². The summed E-state index contributed by atoms with van der Waals surface area (Å²) in [5, 5.41) is 10.9. The van der Waals surface area contributed by atoms with Crippen molar-refractivity contribution in [3.05, 3.63) is 96.2 Å². The second kappa shape index (κ2) is 7.83. The first-order valence-electron chi connectivity index (χ1n) is 9.83. The van der Waals surface area contributed by atoms with Crippen molar-refractivity contribution < 1.29 is 4.79 Å². The molecule has 8 nitrogen and oxygen atoms in total. The maximum Gasteiger partial charge on any atom is 0.255 e. The number of aromatic nitrogens is 5. The van der Waals surface area contributed by atoms with E-state index in [0.29, 0.717) is 34.4 Å². The number of anilines is 2. The molecule has 1 aromatic carbocycles. The first-order valence-corrected chi connectivity index (χ1v) is 9.83. The summed E-state index contributed by atoms with van der Waals surface area (Å²) in [6.45, 7) is 1.86. The Morgan fingerprint density at radius 2 is 1.87 bits per heavy atom. The molecule has 8 heteroatoms. The minimum atomic E-state index is -0.529. The Hall–Kier alpha value is -4.33. The lowest BCUT2D eigenvalue weighted by atomic mass is 9.98. The lowest BCUT2D eigenvalue weighted by molar-refractivity contribution is -0.113. The van der Waals surface area contributed by atoms with Gasteiger partial charge in [-0.3, -0.25) is 14.8 Å². The van der Waals surface area contributed by atoms with Crippen molar-refractivity contribution in [2.75, 3.05) is 10.6 Å². The number of carbonyl (C=O) groups is 1. The number of benzene rings is 1. The van der Waals surface area contributed by atoms with E-state index in [1.165, 1.54) is 0 Å². The third-order valence-electron chi connectivity index (χ3n) is 5.02. The molecular formula is C23H19N7O. The van der Waals surface area contributed by atoms with Crippen LogP contribution in [-0.4, -0.2) is 30.6 Å². The zero-order valence-electron chi connectivity index (χ0n) is 16.7. The van der Waals surface area contributed by atoms with Crippen LogP contribution in [-0.2, 0) is 4.79 Å². The fourth-order valence-electron chi connectivity index (χ4n) is 3.60. The molecule has 5 rings (SSSR count). The fourth-order valence-corrected chi connectivity index (χ4v) is 3.60. The Kier molecular flexibility index (Phi) is 4.72. The van der Waals surface area contributed by atoms with Gasteiger partial charge in [-0.1, -0.05) is 36.4 Å². The van der Waals surface area contributed by atoms with Crippen LogP contribution in [0.15, 0.2) is 90.5 Å². The monoisotopic (exact) mass is 409 g/mol. The number of hydrogen-bond acceptors (Lipinski definition) is 6. The van der Waals surface area contributed by atoms with Crippen LogP contribution in [0.5, 0.6) is 0 Å². The average Bonchev–Trinajstić information content (AvgIpc) is 3.23. The van der Waals surface area contributed by atoms with Gasteiger partial charge in [-0.25, -0.2) is 4.68 Å². The summed E-state index contributed by atoms with van der Waals surface area (Å²) < 4.78 is 1.72. The number of rotatable bonds is 4. The Morgan fingerprint density at radius 3 is 2.61 bits per heavy atom. The molecule has 1 amide bonds. The fraction of sp³-hybridized carbons (Fsp3) is 0.0870. The van der Waals surface area contributed by atoms with E-state index in [9.17, 15) is 4.79 Å². The van der Waals surface area contributed by atoms with E-state index in [1.54, 1.807) is 35.4 Å². The third kappa shape index (κ3) is 3.55. The molecule has 3 aromatic heterocycles. The van der Waals surface area contributed by atoms with Crippen molar-refractivity contribution in [3.8, 4) is 11.4 Å². The van der Waals surface area contributed by atoms with E-state index in [0.717, 1.165) is 5.56 Å². The van der Waals surface area contributed by atoms with Crippen molar-refractivity contribution in [2.45, 2.75) is 13.0 Å². The SMILES string of the molecule is CC1=C(C(=O)Nc2cccnc2)[C@H](c2ccccn2)n2nc(-c3ccccc3)nc2N1. The summed E-state index contributed by atoms with van der Waals surface area (Å²) in [5.74, 6) is 0.881. The molecule has 0 saturated carbocycles. The minimum absolute atomic E-state index is 0.254. The van der Waals surface area contributed by atoms with Crippen LogP contribution in [0.3, 0.4) is 0 Å². The van der Waals surface area contributed by atoms with Crippen LogP contribution in [0, 0.1) is 0 Å². The number of fused-ring (bicyclic) bond motifs is 1. The van der Waals surface area contributed by atoms with Gasteiger partial charge >= 0.3 is 0 Å². The summed E-state index contributed by atoms with van der Waals surface area (Å²) in [5.41, 5.74) is 3.41. The molecule has 2 N–H and O–H groups in total. The molecule has 0 spiro atoms. The Morgan fingerprint density at radius 1 is 1.03 bits per heavy atom. The number of nitrogens with zero attached hydrogens (tertiary/aromatic N) is 5. The zero-order valence-corrected chi connectivity index (χ0v) is 16.7. The van der Waals surface area contributed by atoms with E-state index in [2.05, 4.69) is 25.6 Å². The summed E-state index contributed by atoms with van der Waals surface area (Å²) in [6.07, 6.45) is 4.97. The van der Waals surface area contributed by atoms with Gasteiger partial charge in [0.05, 0.1) is 23.2 Å². The van der Waals surface area contributed by atoms with Crippen molar-refractivity contribution in [3.63, 3.8) is 0 Å². The van der Waals surface area contributed by atoms with E-state index >= 15 is 0 Å². The molecule has 4 heterocycles. The van der Waals surface area contributed by atoms with Gasteiger partial charge in [0.15, 0.2) is 5.82 Å². The van der Waals surface area contributed by atoms with Gasteiger partial charge in [-0.15, -0.1) is 5.10 Å². The Balaban J connectivity index is 1.60. The largest absolute Gasteiger partial charge is 0.328 e. The quantitative estimate of drug-likeness (QED) is 0.534. The van der Waals surface area contributed by atoms with Crippen LogP contribution in [0.4, 0.5) is 11.6 Å². The molecule has 1 aliphatic rings. The summed E-state index contributed by atoms with van der Waals surface area (Å²) >= 11 is 0. The number of carbonyl (C=O) groups excluding carboxylic acids is 1. The van der Waals surface area contributed by atoms with Crippen molar-refractivity contribution in [1.29, 1.82) is 0 Å². The zero-order chi connectivity index (χ0) is 21.2. The van der Waals surface area contributed by atoms with Gasteiger partial charge in [0.25, 0.3) is 5.91 Å².